The number of rotatable bonds is 5. The summed E-state index contributed by atoms with van der Waals surface area (Å²) in [7, 11) is 0. The first-order valence-corrected chi connectivity index (χ1v) is 8.55. The minimum atomic E-state index is -0.532. The highest BCUT2D eigenvalue weighted by atomic mass is 32.2. The fourth-order valence-corrected chi connectivity index (χ4v) is 2.78. The van der Waals surface area contributed by atoms with E-state index in [1.54, 1.807) is 10.9 Å². The minimum absolute atomic E-state index is 0.0369. The number of para-hydroxylation sites is 1. The summed E-state index contributed by atoms with van der Waals surface area (Å²) in [5, 5.41) is 8.40. The lowest BCUT2D eigenvalue weighted by molar-refractivity contribution is -0.119. The highest BCUT2D eigenvalue weighted by Crippen LogP contribution is 2.18. The van der Waals surface area contributed by atoms with Crippen molar-refractivity contribution in [1.82, 2.24) is 25.6 Å². The van der Waals surface area contributed by atoms with Crippen LogP contribution in [0.15, 0.2) is 66.1 Å². The van der Waals surface area contributed by atoms with Crippen LogP contribution in [0.3, 0.4) is 0 Å². The van der Waals surface area contributed by atoms with Crippen molar-refractivity contribution in [1.29, 1.82) is 0 Å². The number of hydrazine groups is 1. The van der Waals surface area contributed by atoms with E-state index >= 15 is 0 Å². The van der Waals surface area contributed by atoms with Crippen LogP contribution in [0.2, 0.25) is 0 Å². The second kappa shape index (κ2) is 8.26. The van der Waals surface area contributed by atoms with E-state index in [-0.39, 0.29) is 11.3 Å². The number of benzene rings is 2. The largest absolute Gasteiger partial charge is 0.277 e. The Labute approximate surface area is 152 Å². The van der Waals surface area contributed by atoms with Crippen molar-refractivity contribution in [2.75, 3.05) is 5.75 Å². The molecule has 0 aliphatic heterocycles. The van der Waals surface area contributed by atoms with Gasteiger partial charge in [0.05, 0.1) is 5.75 Å². The zero-order valence-electron chi connectivity index (χ0n) is 13.4. The van der Waals surface area contributed by atoms with Crippen LogP contribution in [0.25, 0.3) is 5.69 Å². The molecule has 0 unspecified atom stereocenters. The topological polar surface area (TPSA) is 88.9 Å². The second-order valence-corrected chi connectivity index (χ2v) is 6.06. The molecule has 2 amide bonds. The van der Waals surface area contributed by atoms with E-state index < -0.39 is 17.6 Å². The number of carbonyl (C=O) groups excluding carboxylic acids is 2. The Morgan fingerprint density at radius 2 is 1.77 bits per heavy atom. The van der Waals surface area contributed by atoms with Crippen molar-refractivity contribution in [3.05, 3.63) is 72.3 Å². The Balaban J connectivity index is 1.51. The smallest absolute Gasteiger partial charge is 0.269 e. The number of carbonyl (C=O) groups is 2. The molecule has 0 aliphatic rings. The highest BCUT2D eigenvalue weighted by molar-refractivity contribution is 7.99. The molecule has 0 atom stereocenters. The predicted molar refractivity (Wildman–Crippen MR) is 94.1 cm³/mol. The van der Waals surface area contributed by atoms with Crippen molar-refractivity contribution in [3.8, 4) is 5.69 Å². The maximum Gasteiger partial charge on any atom is 0.269 e. The van der Waals surface area contributed by atoms with Crippen molar-refractivity contribution < 1.29 is 14.0 Å². The first-order chi connectivity index (χ1) is 12.6. The van der Waals surface area contributed by atoms with Crippen molar-refractivity contribution in [2.24, 2.45) is 0 Å². The number of thioether (sulfide) groups is 1. The lowest BCUT2D eigenvalue weighted by Crippen LogP contribution is -2.42. The van der Waals surface area contributed by atoms with E-state index in [9.17, 15) is 14.0 Å². The average Bonchev–Trinajstić information content (AvgIpc) is 3.14. The molecule has 9 heteroatoms. The summed E-state index contributed by atoms with van der Waals surface area (Å²) in [6.07, 6.45) is 1.56. The number of nitrogens with one attached hydrogen (secondary N) is 2. The Morgan fingerprint density at radius 1 is 1.04 bits per heavy atom. The average molecular weight is 371 g/mol. The van der Waals surface area contributed by atoms with Crippen LogP contribution >= 0.6 is 11.8 Å². The van der Waals surface area contributed by atoms with E-state index in [0.717, 1.165) is 5.69 Å². The van der Waals surface area contributed by atoms with Crippen molar-refractivity contribution in [3.63, 3.8) is 0 Å². The molecule has 0 saturated heterocycles. The van der Waals surface area contributed by atoms with Crippen LogP contribution in [0.4, 0.5) is 4.39 Å². The van der Waals surface area contributed by atoms with Gasteiger partial charge in [0.15, 0.2) is 5.16 Å². The van der Waals surface area contributed by atoms with Gasteiger partial charge in [0.2, 0.25) is 5.91 Å². The number of nitrogens with zero attached hydrogens (tertiary/aromatic N) is 3. The SMILES string of the molecule is O=C(CSc1nncn1-c1ccccc1)NNC(=O)c1ccc(F)cc1. The summed E-state index contributed by atoms with van der Waals surface area (Å²) in [6, 6.07) is 14.5. The van der Waals surface area contributed by atoms with Crippen molar-refractivity contribution >= 4 is 23.6 Å². The molecular formula is C17H14FN5O2S. The van der Waals surface area contributed by atoms with Crippen LogP contribution in [-0.2, 0) is 4.79 Å². The van der Waals surface area contributed by atoms with Gasteiger partial charge >= 0.3 is 0 Å². The van der Waals surface area contributed by atoms with Gasteiger partial charge in [0, 0.05) is 11.3 Å². The third-order valence-corrected chi connectivity index (χ3v) is 4.25. The van der Waals surface area contributed by atoms with Crippen LogP contribution in [0.1, 0.15) is 10.4 Å². The first-order valence-electron chi connectivity index (χ1n) is 7.56. The lowest BCUT2D eigenvalue weighted by atomic mass is 10.2. The standard InChI is InChI=1S/C17H14FN5O2S/c18-13-8-6-12(7-9-13)16(25)21-20-15(24)10-26-17-22-19-11-23(17)14-4-2-1-3-5-14/h1-9,11H,10H2,(H,20,24)(H,21,25). The van der Waals surface area contributed by atoms with Crippen LogP contribution in [-0.4, -0.2) is 32.3 Å². The normalized spacial score (nSPS) is 10.3. The first kappa shape index (κ1) is 17.6. The Kier molecular flexibility index (Phi) is 5.59. The Hall–Kier alpha value is -3.20. The zero-order chi connectivity index (χ0) is 18.4. The van der Waals surface area contributed by atoms with Gasteiger partial charge < -0.3 is 0 Å². The molecule has 2 N–H and O–H groups in total. The van der Waals surface area contributed by atoms with E-state index in [1.807, 2.05) is 30.3 Å². The molecule has 26 heavy (non-hydrogen) atoms. The molecule has 0 aliphatic carbocycles. The van der Waals surface area contributed by atoms with E-state index in [2.05, 4.69) is 21.0 Å². The van der Waals surface area contributed by atoms with Gasteiger partial charge in [-0.05, 0) is 36.4 Å². The summed E-state index contributed by atoms with van der Waals surface area (Å²) in [5.74, 6) is -1.34. The van der Waals surface area contributed by atoms with Crippen LogP contribution < -0.4 is 10.9 Å². The molecule has 0 radical (unpaired) electrons. The van der Waals surface area contributed by atoms with E-state index in [1.165, 1.54) is 36.0 Å². The summed E-state index contributed by atoms with van der Waals surface area (Å²) in [5.41, 5.74) is 5.70. The minimum Gasteiger partial charge on any atom is -0.277 e. The van der Waals surface area contributed by atoms with Gasteiger partial charge in [-0.15, -0.1) is 10.2 Å². The number of halogens is 1. The van der Waals surface area contributed by atoms with Gasteiger partial charge in [-0.25, -0.2) is 4.39 Å². The molecule has 132 valence electrons. The monoisotopic (exact) mass is 371 g/mol. The molecule has 1 aromatic heterocycles. The fourth-order valence-electron chi connectivity index (χ4n) is 2.05. The molecule has 0 bridgehead atoms. The number of hydrogen-bond acceptors (Lipinski definition) is 5. The molecule has 3 rings (SSSR count). The molecule has 0 spiro atoms. The van der Waals surface area contributed by atoms with Gasteiger partial charge in [-0.3, -0.25) is 25.0 Å². The molecule has 0 saturated carbocycles. The van der Waals surface area contributed by atoms with Gasteiger partial charge in [0.25, 0.3) is 5.91 Å². The molecule has 1 heterocycles. The predicted octanol–water partition coefficient (Wildman–Crippen LogP) is 1.96. The summed E-state index contributed by atoms with van der Waals surface area (Å²) >= 11 is 1.18. The van der Waals surface area contributed by atoms with E-state index in [0.29, 0.717) is 5.16 Å². The highest BCUT2D eigenvalue weighted by Gasteiger charge is 2.11. The quantitative estimate of drug-likeness (QED) is 0.529. The Bertz CT molecular complexity index is 899. The van der Waals surface area contributed by atoms with Crippen LogP contribution in [0, 0.1) is 5.82 Å². The number of hydrogen-bond donors (Lipinski definition) is 2. The van der Waals surface area contributed by atoms with Gasteiger partial charge in [-0.1, -0.05) is 30.0 Å². The Morgan fingerprint density at radius 3 is 2.50 bits per heavy atom. The summed E-state index contributed by atoms with van der Waals surface area (Å²) < 4.78 is 14.6. The lowest BCUT2D eigenvalue weighted by Gasteiger charge is -2.08. The third-order valence-electron chi connectivity index (χ3n) is 3.31. The maximum absolute atomic E-state index is 12.8. The molecule has 3 aromatic rings. The second-order valence-electron chi connectivity index (χ2n) is 5.12. The third kappa shape index (κ3) is 4.45. The zero-order valence-corrected chi connectivity index (χ0v) is 14.2. The molecule has 0 fully saturated rings. The van der Waals surface area contributed by atoms with Gasteiger partial charge in [0.1, 0.15) is 12.1 Å². The van der Waals surface area contributed by atoms with Gasteiger partial charge in [-0.2, -0.15) is 0 Å². The summed E-state index contributed by atoms with van der Waals surface area (Å²) in [4.78, 5) is 23.8. The summed E-state index contributed by atoms with van der Waals surface area (Å²) in [6.45, 7) is 0. The number of aromatic nitrogens is 3. The van der Waals surface area contributed by atoms with Crippen molar-refractivity contribution in [2.45, 2.75) is 5.16 Å². The fraction of sp³-hybridized carbons (Fsp3) is 0.0588. The van der Waals surface area contributed by atoms with E-state index in [4.69, 9.17) is 0 Å². The maximum atomic E-state index is 12.8. The molecular weight excluding hydrogens is 357 g/mol. The molecule has 2 aromatic carbocycles. The van der Waals surface area contributed by atoms with Crippen LogP contribution in [0.5, 0.6) is 0 Å². The number of amides is 2. The molecule has 7 nitrogen and oxygen atoms in total.